The first-order chi connectivity index (χ1) is 15.2. The summed E-state index contributed by atoms with van der Waals surface area (Å²) < 4.78 is 0. The summed E-state index contributed by atoms with van der Waals surface area (Å²) in [6.07, 6.45) is 19.0. The summed E-state index contributed by atoms with van der Waals surface area (Å²) in [5, 5.41) is 7.65. The van der Waals surface area contributed by atoms with Crippen LogP contribution in [0.2, 0.25) is 0 Å². The van der Waals surface area contributed by atoms with Gasteiger partial charge in [0.15, 0.2) is 0 Å². The number of allylic oxidation sites excluding steroid dienone is 5. The maximum Gasteiger partial charge on any atom is 0.244 e. The average Bonchev–Trinajstić information content (AvgIpc) is 2.84. The first-order valence-electron chi connectivity index (χ1n) is 11.5. The number of nitrogens with two attached hydrogens (primary N) is 1. The van der Waals surface area contributed by atoms with Crippen molar-refractivity contribution in [3.63, 3.8) is 0 Å². The van der Waals surface area contributed by atoms with Gasteiger partial charge in [-0.15, -0.1) is 0 Å². The molecule has 2 unspecified atom stereocenters. The van der Waals surface area contributed by atoms with E-state index in [-0.39, 0.29) is 12.1 Å². The lowest BCUT2D eigenvalue weighted by Gasteiger charge is -2.45. The van der Waals surface area contributed by atoms with Crippen LogP contribution >= 0.6 is 0 Å². The fraction of sp³-hybridized carbons (Fsp3) is 0.370. The molecule has 0 radical (unpaired) electrons. The Kier molecular flexibility index (Phi) is 6.69. The lowest BCUT2D eigenvalue weighted by Crippen LogP contribution is -2.58. The quantitative estimate of drug-likeness (QED) is 0.613. The first-order valence-corrected chi connectivity index (χ1v) is 11.5. The maximum absolute atomic E-state index is 12.2. The fourth-order valence-corrected chi connectivity index (χ4v) is 5.14. The molecule has 0 fully saturated rings. The molecule has 162 valence electrons. The van der Waals surface area contributed by atoms with Crippen LogP contribution in [0.4, 0.5) is 0 Å². The number of carbonyl (C=O) groups excluding carboxylic acids is 1. The van der Waals surface area contributed by atoms with E-state index in [1.807, 2.05) is 0 Å². The van der Waals surface area contributed by atoms with Crippen LogP contribution in [-0.4, -0.2) is 18.6 Å². The van der Waals surface area contributed by atoms with Crippen LogP contribution in [0, 0.1) is 0 Å². The van der Waals surface area contributed by atoms with E-state index in [1.54, 1.807) is 0 Å². The SMILES string of the molecule is CCC1=C(C(N)=O)CCNC1NC(C1=CCCC=C1)(C1=CC=CCC1)c1ccccc1. The Morgan fingerprint density at radius 3 is 2.65 bits per heavy atom. The summed E-state index contributed by atoms with van der Waals surface area (Å²) in [5.74, 6) is -0.299. The third-order valence-electron chi connectivity index (χ3n) is 6.63. The number of rotatable bonds is 7. The summed E-state index contributed by atoms with van der Waals surface area (Å²) in [6, 6.07) is 10.7. The van der Waals surface area contributed by atoms with Gasteiger partial charge in [-0.3, -0.25) is 15.4 Å². The van der Waals surface area contributed by atoms with Crippen molar-refractivity contribution in [3.05, 3.63) is 94.6 Å². The molecule has 1 aromatic rings. The van der Waals surface area contributed by atoms with Crippen molar-refractivity contribution < 1.29 is 4.79 Å². The molecule has 0 bridgehead atoms. The molecule has 4 rings (SSSR count). The second-order valence-corrected chi connectivity index (χ2v) is 8.42. The molecule has 2 aliphatic carbocycles. The number of benzene rings is 1. The molecule has 0 aromatic heterocycles. The second-order valence-electron chi connectivity index (χ2n) is 8.42. The lowest BCUT2D eigenvalue weighted by molar-refractivity contribution is -0.114. The molecule has 4 nitrogen and oxygen atoms in total. The standard InChI is InChI=1S/C27H33N3O/c1-2-23-24(25(28)31)18-19-29-26(23)30-27(20-12-6-3-7-13-20,21-14-8-4-9-15-21)22-16-10-5-11-17-22/h3-4,6-8,10,12-14,16-17,26,29-30H,2,5,9,11,15,18-19H2,1H3,(H2,28,31). The molecule has 4 N–H and O–H groups in total. The predicted octanol–water partition coefficient (Wildman–Crippen LogP) is 4.54. The minimum atomic E-state index is -0.471. The summed E-state index contributed by atoms with van der Waals surface area (Å²) in [4.78, 5) is 12.2. The molecular formula is C27H33N3O. The van der Waals surface area contributed by atoms with Crippen LogP contribution in [0.5, 0.6) is 0 Å². The Hall–Kier alpha value is -2.69. The summed E-state index contributed by atoms with van der Waals surface area (Å²) in [5.41, 5.74) is 11.0. The Morgan fingerprint density at radius 1 is 1.16 bits per heavy atom. The van der Waals surface area contributed by atoms with Gasteiger partial charge in [0, 0.05) is 12.1 Å². The van der Waals surface area contributed by atoms with Gasteiger partial charge < -0.3 is 5.73 Å². The van der Waals surface area contributed by atoms with Crippen LogP contribution in [0.3, 0.4) is 0 Å². The Morgan fingerprint density at radius 2 is 2.00 bits per heavy atom. The van der Waals surface area contributed by atoms with Gasteiger partial charge in [-0.2, -0.15) is 0 Å². The van der Waals surface area contributed by atoms with Gasteiger partial charge in [0.05, 0.1) is 11.7 Å². The summed E-state index contributed by atoms with van der Waals surface area (Å²) >= 11 is 0. The van der Waals surface area contributed by atoms with Gasteiger partial charge in [0.2, 0.25) is 5.91 Å². The van der Waals surface area contributed by atoms with Gasteiger partial charge in [-0.25, -0.2) is 0 Å². The highest BCUT2D eigenvalue weighted by atomic mass is 16.1. The number of hydrogen-bond donors (Lipinski definition) is 3. The average molecular weight is 416 g/mol. The normalized spacial score (nSPS) is 23.2. The van der Waals surface area contributed by atoms with Crippen LogP contribution in [0.15, 0.2) is 89.1 Å². The maximum atomic E-state index is 12.2. The van der Waals surface area contributed by atoms with Gasteiger partial charge in [0.1, 0.15) is 0 Å². The number of carbonyl (C=O) groups is 1. The third kappa shape index (κ3) is 4.23. The van der Waals surface area contributed by atoms with Crippen molar-refractivity contribution in [1.29, 1.82) is 0 Å². The molecule has 3 aliphatic rings. The molecule has 1 aromatic carbocycles. The zero-order valence-corrected chi connectivity index (χ0v) is 18.4. The van der Waals surface area contributed by atoms with Crippen LogP contribution in [0.1, 0.15) is 51.0 Å². The molecule has 1 aliphatic heterocycles. The van der Waals surface area contributed by atoms with E-state index in [0.29, 0.717) is 6.42 Å². The number of amides is 1. The molecule has 0 spiro atoms. The lowest BCUT2D eigenvalue weighted by atomic mass is 9.71. The molecule has 1 heterocycles. The molecule has 4 heteroatoms. The van der Waals surface area contributed by atoms with Crippen LogP contribution in [-0.2, 0) is 10.3 Å². The van der Waals surface area contributed by atoms with Gasteiger partial charge in [0.25, 0.3) is 0 Å². The van der Waals surface area contributed by atoms with E-state index in [0.717, 1.165) is 49.8 Å². The van der Waals surface area contributed by atoms with E-state index in [4.69, 9.17) is 5.73 Å². The largest absolute Gasteiger partial charge is 0.366 e. The number of primary amides is 1. The number of hydrogen-bond acceptors (Lipinski definition) is 3. The van der Waals surface area contributed by atoms with Crippen LogP contribution in [0.25, 0.3) is 0 Å². The molecule has 0 saturated carbocycles. The van der Waals surface area contributed by atoms with E-state index < -0.39 is 5.54 Å². The first kappa shape index (κ1) is 21.5. The topological polar surface area (TPSA) is 67.2 Å². The predicted molar refractivity (Wildman–Crippen MR) is 127 cm³/mol. The zero-order valence-electron chi connectivity index (χ0n) is 18.4. The van der Waals surface area contributed by atoms with Crippen molar-refractivity contribution in [3.8, 4) is 0 Å². The zero-order chi connectivity index (χ0) is 21.7. The third-order valence-corrected chi connectivity index (χ3v) is 6.63. The van der Waals surface area contributed by atoms with E-state index in [9.17, 15) is 4.79 Å². The second kappa shape index (κ2) is 9.63. The Bertz CT molecular complexity index is 967. The van der Waals surface area contributed by atoms with E-state index >= 15 is 0 Å². The Balaban J connectivity index is 1.90. The molecule has 1 amide bonds. The summed E-state index contributed by atoms with van der Waals surface area (Å²) in [6.45, 7) is 2.84. The highest BCUT2D eigenvalue weighted by Crippen LogP contribution is 2.43. The van der Waals surface area contributed by atoms with Crippen LogP contribution < -0.4 is 16.4 Å². The smallest absolute Gasteiger partial charge is 0.244 e. The minimum Gasteiger partial charge on any atom is -0.366 e. The summed E-state index contributed by atoms with van der Waals surface area (Å²) in [7, 11) is 0. The molecule has 0 saturated heterocycles. The van der Waals surface area contributed by atoms with Crippen molar-refractivity contribution in [2.45, 2.75) is 57.2 Å². The van der Waals surface area contributed by atoms with Crippen molar-refractivity contribution in [2.24, 2.45) is 5.73 Å². The monoisotopic (exact) mass is 415 g/mol. The minimum absolute atomic E-state index is 0.121. The van der Waals surface area contributed by atoms with Gasteiger partial charge >= 0.3 is 0 Å². The molecular weight excluding hydrogens is 382 g/mol. The van der Waals surface area contributed by atoms with Gasteiger partial charge in [-0.1, -0.05) is 73.7 Å². The van der Waals surface area contributed by atoms with Crippen molar-refractivity contribution in [1.82, 2.24) is 10.6 Å². The molecule has 2 atom stereocenters. The van der Waals surface area contributed by atoms with Crippen molar-refractivity contribution >= 4 is 5.91 Å². The molecule has 31 heavy (non-hydrogen) atoms. The van der Waals surface area contributed by atoms with E-state index in [1.165, 1.54) is 16.7 Å². The Labute approximate surface area is 185 Å². The highest BCUT2D eigenvalue weighted by Gasteiger charge is 2.42. The fourth-order valence-electron chi connectivity index (χ4n) is 5.14. The highest BCUT2D eigenvalue weighted by molar-refractivity contribution is 5.93. The van der Waals surface area contributed by atoms with E-state index in [2.05, 4.69) is 84.3 Å². The number of nitrogens with one attached hydrogen (secondary N) is 2. The van der Waals surface area contributed by atoms with Crippen molar-refractivity contribution in [2.75, 3.05) is 6.54 Å². The van der Waals surface area contributed by atoms with Gasteiger partial charge in [-0.05, 0) is 60.8 Å².